The van der Waals surface area contributed by atoms with Crippen LogP contribution in [0.1, 0.15) is 5.56 Å². The van der Waals surface area contributed by atoms with E-state index in [1.54, 1.807) is 7.05 Å². The van der Waals surface area contributed by atoms with Crippen molar-refractivity contribution < 1.29 is 14.3 Å². The molecule has 0 bridgehead atoms. The van der Waals surface area contributed by atoms with Crippen LogP contribution in [-0.2, 0) is 4.79 Å². The van der Waals surface area contributed by atoms with E-state index in [1.807, 2.05) is 0 Å². The highest BCUT2D eigenvalue weighted by Gasteiger charge is 2.14. The van der Waals surface area contributed by atoms with E-state index in [4.69, 9.17) is 10.5 Å². The third-order valence-electron chi connectivity index (χ3n) is 1.73. The molecule has 0 heterocycles. The van der Waals surface area contributed by atoms with E-state index in [-0.39, 0.29) is 5.56 Å². The fourth-order valence-electron chi connectivity index (χ4n) is 1.06. The summed E-state index contributed by atoms with van der Waals surface area (Å²) in [6.07, 6.45) is 0. The molecule has 0 atom stereocenters. The summed E-state index contributed by atoms with van der Waals surface area (Å²) in [4.78, 5) is 10.5. The molecule has 5 heteroatoms. The molecule has 1 aromatic carbocycles. The normalized spacial score (nSPS) is 9.57. The van der Waals surface area contributed by atoms with E-state index in [0.717, 1.165) is 6.07 Å². The highest BCUT2D eigenvalue weighted by atomic mass is 19.1. The van der Waals surface area contributed by atoms with Crippen LogP contribution in [0.15, 0.2) is 18.2 Å². The van der Waals surface area contributed by atoms with Crippen molar-refractivity contribution in [2.45, 2.75) is 0 Å². The molecule has 0 aliphatic rings. The summed E-state index contributed by atoms with van der Waals surface area (Å²) in [6.45, 7) is 0. The maximum atomic E-state index is 12.8. The predicted octanol–water partition coefficient (Wildman–Crippen LogP) is 1.32. The Morgan fingerprint density at radius 1 is 1.57 bits per heavy atom. The summed E-state index contributed by atoms with van der Waals surface area (Å²) < 4.78 is 12.8. The molecule has 0 radical (unpaired) electrons. The number of anilines is 1. The van der Waals surface area contributed by atoms with Crippen LogP contribution in [0, 0.1) is 11.2 Å². The molecular weight excluding hydrogens is 187 g/mol. The lowest BCUT2D eigenvalue weighted by Gasteiger charge is -2.07. The van der Waals surface area contributed by atoms with Gasteiger partial charge in [0.15, 0.2) is 0 Å². The number of halogens is 1. The standard InChI is InChI=1S/C9H9FN2O2/c1-12-7-3-2-5(10)4-6(7)8(11)9(13)14/h2-4,11-12H,1H3,(H,13,14). The van der Waals surface area contributed by atoms with Crippen molar-refractivity contribution in [1.29, 1.82) is 5.41 Å². The molecule has 3 N–H and O–H groups in total. The van der Waals surface area contributed by atoms with Gasteiger partial charge in [-0.3, -0.25) is 5.41 Å². The first-order valence-electron chi connectivity index (χ1n) is 3.85. The molecule has 0 amide bonds. The van der Waals surface area contributed by atoms with Crippen LogP contribution in [0.5, 0.6) is 0 Å². The summed E-state index contributed by atoms with van der Waals surface area (Å²) in [5.74, 6) is -1.95. The van der Waals surface area contributed by atoms with E-state index in [0.29, 0.717) is 5.69 Å². The number of nitrogens with one attached hydrogen (secondary N) is 2. The van der Waals surface area contributed by atoms with Gasteiger partial charge in [-0.05, 0) is 18.2 Å². The Morgan fingerprint density at radius 2 is 2.21 bits per heavy atom. The largest absolute Gasteiger partial charge is 0.477 e. The average Bonchev–Trinajstić information content (AvgIpc) is 2.16. The Bertz CT molecular complexity index is 390. The highest BCUT2D eigenvalue weighted by Crippen LogP contribution is 2.16. The second kappa shape index (κ2) is 3.87. The zero-order chi connectivity index (χ0) is 10.7. The fraction of sp³-hybridized carbons (Fsp3) is 0.111. The third kappa shape index (κ3) is 1.87. The molecule has 14 heavy (non-hydrogen) atoms. The number of aliphatic carboxylic acids is 1. The average molecular weight is 196 g/mol. The molecule has 0 saturated carbocycles. The van der Waals surface area contributed by atoms with Gasteiger partial charge in [0.05, 0.1) is 0 Å². The van der Waals surface area contributed by atoms with Crippen molar-refractivity contribution in [1.82, 2.24) is 0 Å². The molecule has 0 aliphatic carbocycles. The number of benzene rings is 1. The number of hydrogen-bond acceptors (Lipinski definition) is 3. The van der Waals surface area contributed by atoms with Crippen LogP contribution in [0.3, 0.4) is 0 Å². The van der Waals surface area contributed by atoms with E-state index < -0.39 is 17.5 Å². The van der Waals surface area contributed by atoms with Crippen molar-refractivity contribution in [2.24, 2.45) is 0 Å². The van der Waals surface area contributed by atoms with Gasteiger partial charge in [0.1, 0.15) is 11.5 Å². The quantitative estimate of drug-likeness (QED) is 0.638. The first-order valence-corrected chi connectivity index (χ1v) is 3.85. The molecule has 0 spiro atoms. The van der Waals surface area contributed by atoms with Gasteiger partial charge >= 0.3 is 5.97 Å². The van der Waals surface area contributed by atoms with Crippen LogP contribution in [0.4, 0.5) is 10.1 Å². The van der Waals surface area contributed by atoms with Crippen molar-refractivity contribution >= 4 is 17.4 Å². The van der Waals surface area contributed by atoms with Crippen molar-refractivity contribution in [3.05, 3.63) is 29.6 Å². The van der Waals surface area contributed by atoms with E-state index >= 15 is 0 Å². The minimum Gasteiger partial charge on any atom is -0.477 e. The molecule has 74 valence electrons. The number of carboxylic acid groups (broad SMARTS) is 1. The Kier molecular flexibility index (Phi) is 2.81. The highest BCUT2D eigenvalue weighted by molar-refractivity contribution is 6.42. The first-order chi connectivity index (χ1) is 6.56. The molecule has 4 nitrogen and oxygen atoms in total. The molecule has 0 aliphatic heterocycles. The third-order valence-corrected chi connectivity index (χ3v) is 1.73. The van der Waals surface area contributed by atoms with Crippen molar-refractivity contribution in [3.63, 3.8) is 0 Å². The number of carbonyl (C=O) groups is 1. The minimum absolute atomic E-state index is 0.0417. The summed E-state index contributed by atoms with van der Waals surface area (Å²) in [5.41, 5.74) is -0.173. The summed E-state index contributed by atoms with van der Waals surface area (Å²) >= 11 is 0. The maximum Gasteiger partial charge on any atom is 0.354 e. The predicted molar refractivity (Wildman–Crippen MR) is 50.4 cm³/mol. The van der Waals surface area contributed by atoms with Gasteiger partial charge in [-0.2, -0.15) is 0 Å². The van der Waals surface area contributed by atoms with E-state index in [2.05, 4.69) is 5.32 Å². The second-order valence-electron chi connectivity index (χ2n) is 2.62. The molecule has 0 saturated heterocycles. The van der Waals surface area contributed by atoms with Crippen LogP contribution in [0.25, 0.3) is 0 Å². The second-order valence-corrected chi connectivity index (χ2v) is 2.62. The van der Waals surface area contributed by atoms with Gasteiger partial charge in [0.2, 0.25) is 0 Å². The smallest absolute Gasteiger partial charge is 0.354 e. The summed E-state index contributed by atoms with van der Waals surface area (Å²) in [7, 11) is 1.58. The fourth-order valence-corrected chi connectivity index (χ4v) is 1.06. The van der Waals surface area contributed by atoms with Gasteiger partial charge in [0.25, 0.3) is 0 Å². The van der Waals surface area contributed by atoms with Gasteiger partial charge in [-0.1, -0.05) is 0 Å². The van der Waals surface area contributed by atoms with Crippen LogP contribution in [-0.4, -0.2) is 23.8 Å². The van der Waals surface area contributed by atoms with Gasteiger partial charge in [0, 0.05) is 18.3 Å². The molecule has 1 rings (SSSR count). The molecular formula is C9H9FN2O2. The van der Waals surface area contributed by atoms with E-state index in [1.165, 1.54) is 12.1 Å². The number of hydrogen-bond donors (Lipinski definition) is 3. The lowest BCUT2D eigenvalue weighted by Crippen LogP contribution is -2.15. The monoisotopic (exact) mass is 196 g/mol. The van der Waals surface area contributed by atoms with E-state index in [9.17, 15) is 9.18 Å². The van der Waals surface area contributed by atoms with Crippen molar-refractivity contribution in [2.75, 3.05) is 12.4 Å². The van der Waals surface area contributed by atoms with Gasteiger partial charge in [-0.15, -0.1) is 0 Å². The number of rotatable bonds is 3. The van der Waals surface area contributed by atoms with Crippen LogP contribution < -0.4 is 5.32 Å². The number of carboxylic acids is 1. The van der Waals surface area contributed by atoms with Crippen LogP contribution in [0.2, 0.25) is 0 Å². The zero-order valence-corrected chi connectivity index (χ0v) is 7.47. The maximum absolute atomic E-state index is 12.8. The van der Waals surface area contributed by atoms with Crippen LogP contribution >= 0.6 is 0 Å². The zero-order valence-electron chi connectivity index (χ0n) is 7.47. The lowest BCUT2D eigenvalue weighted by atomic mass is 10.1. The summed E-state index contributed by atoms with van der Waals surface area (Å²) in [6, 6.07) is 3.61. The van der Waals surface area contributed by atoms with Crippen molar-refractivity contribution in [3.8, 4) is 0 Å². The summed E-state index contributed by atoms with van der Waals surface area (Å²) in [5, 5.41) is 18.5. The molecule has 0 unspecified atom stereocenters. The minimum atomic E-state index is -1.38. The Balaban J connectivity index is 3.23. The lowest BCUT2D eigenvalue weighted by molar-refractivity contribution is -0.129. The Hall–Kier alpha value is -1.91. The first kappa shape index (κ1) is 10.2. The van der Waals surface area contributed by atoms with Gasteiger partial charge in [-0.25, -0.2) is 9.18 Å². The Morgan fingerprint density at radius 3 is 2.71 bits per heavy atom. The molecule has 1 aromatic rings. The SMILES string of the molecule is CNc1ccc(F)cc1C(=N)C(=O)O. The Labute approximate surface area is 79.9 Å². The molecule has 0 aromatic heterocycles. The van der Waals surface area contributed by atoms with Gasteiger partial charge < -0.3 is 10.4 Å². The molecule has 0 fully saturated rings. The topological polar surface area (TPSA) is 73.2 Å².